The molecule has 1 aliphatic heterocycles. The van der Waals surface area contributed by atoms with Crippen molar-refractivity contribution >= 4 is 33.3 Å². The fourth-order valence-corrected chi connectivity index (χ4v) is 5.11. The fourth-order valence-electron chi connectivity index (χ4n) is 3.37. The number of ether oxygens (including phenoxy) is 1. The Morgan fingerprint density at radius 1 is 1.18 bits per heavy atom. The van der Waals surface area contributed by atoms with E-state index in [-0.39, 0.29) is 24.6 Å². The molecule has 0 radical (unpaired) electrons. The van der Waals surface area contributed by atoms with Crippen molar-refractivity contribution in [3.63, 3.8) is 0 Å². The van der Waals surface area contributed by atoms with E-state index in [4.69, 9.17) is 16.3 Å². The Hall–Kier alpha value is -2.09. The second-order valence-electron chi connectivity index (χ2n) is 6.57. The molecular formula is C20H23ClN2O4S. The number of hydrogen-bond donors (Lipinski definition) is 0. The summed E-state index contributed by atoms with van der Waals surface area (Å²) in [6.07, 6.45) is 0. The number of carbonyl (C=O) groups is 1. The fraction of sp³-hybridized carbons (Fsp3) is 0.350. The summed E-state index contributed by atoms with van der Waals surface area (Å²) in [5, 5.41) is 0.349. The van der Waals surface area contributed by atoms with Crippen LogP contribution in [0.2, 0.25) is 5.02 Å². The number of benzene rings is 2. The maximum absolute atomic E-state index is 13.1. The first kappa shape index (κ1) is 20.6. The summed E-state index contributed by atoms with van der Waals surface area (Å²) in [6.45, 7) is 4.60. The first-order valence-electron chi connectivity index (χ1n) is 9.09. The summed E-state index contributed by atoms with van der Waals surface area (Å²) in [7, 11) is -3.77. The van der Waals surface area contributed by atoms with E-state index in [1.807, 2.05) is 36.1 Å². The molecule has 1 aliphatic rings. The number of esters is 1. The number of rotatable bonds is 5. The Balaban J connectivity index is 1.93. The standard InChI is InChI=1S/C20H23ClN2O4S/c1-3-27-20(24)19-14-22(28(25,26)17-9-6-8-16(21)13-17)11-12-23(19)18-10-5-4-7-15(18)2/h4-10,13,19H,3,11-12,14H2,1-2H3. The van der Waals surface area contributed by atoms with Crippen LogP contribution in [0.15, 0.2) is 53.4 Å². The van der Waals surface area contributed by atoms with Gasteiger partial charge in [-0.05, 0) is 43.7 Å². The highest BCUT2D eigenvalue weighted by Gasteiger charge is 2.39. The number of sulfonamides is 1. The number of halogens is 1. The zero-order valence-electron chi connectivity index (χ0n) is 15.8. The van der Waals surface area contributed by atoms with Gasteiger partial charge in [0.05, 0.1) is 11.5 Å². The zero-order chi connectivity index (χ0) is 20.3. The third-order valence-corrected chi connectivity index (χ3v) is 6.86. The predicted octanol–water partition coefficient (Wildman–Crippen LogP) is 3.09. The monoisotopic (exact) mass is 422 g/mol. The van der Waals surface area contributed by atoms with Gasteiger partial charge in [-0.25, -0.2) is 13.2 Å². The molecule has 1 fully saturated rings. The molecule has 0 bridgehead atoms. The van der Waals surface area contributed by atoms with Crippen LogP contribution in [0.3, 0.4) is 0 Å². The highest BCUT2D eigenvalue weighted by atomic mass is 35.5. The molecule has 0 saturated carbocycles. The van der Waals surface area contributed by atoms with E-state index in [1.165, 1.54) is 16.4 Å². The van der Waals surface area contributed by atoms with E-state index in [1.54, 1.807) is 19.1 Å². The Kier molecular flexibility index (Phi) is 6.27. The van der Waals surface area contributed by atoms with E-state index >= 15 is 0 Å². The minimum Gasteiger partial charge on any atom is -0.464 e. The number of anilines is 1. The highest BCUT2D eigenvalue weighted by Crippen LogP contribution is 2.28. The smallest absolute Gasteiger partial charge is 0.330 e. The van der Waals surface area contributed by atoms with Crippen molar-refractivity contribution in [1.82, 2.24) is 4.31 Å². The first-order valence-corrected chi connectivity index (χ1v) is 10.9. The Bertz CT molecular complexity index is 964. The molecule has 2 aromatic rings. The topological polar surface area (TPSA) is 66.9 Å². The molecule has 28 heavy (non-hydrogen) atoms. The Labute approximate surface area is 170 Å². The average Bonchev–Trinajstić information content (AvgIpc) is 2.68. The van der Waals surface area contributed by atoms with Gasteiger partial charge in [-0.1, -0.05) is 35.9 Å². The molecule has 0 amide bonds. The second-order valence-corrected chi connectivity index (χ2v) is 8.94. The summed E-state index contributed by atoms with van der Waals surface area (Å²) in [6, 6.07) is 13.2. The molecule has 0 aromatic heterocycles. The van der Waals surface area contributed by atoms with Gasteiger partial charge in [0, 0.05) is 30.3 Å². The lowest BCUT2D eigenvalue weighted by atomic mass is 10.1. The van der Waals surface area contributed by atoms with Crippen LogP contribution in [0.5, 0.6) is 0 Å². The molecule has 8 heteroatoms. The number of piperazine rings is 1. The molecule has 150 valence electrons. The van der Waals surface area contributed by atoms with Crippen LogP contribution in [-0.2, 0) is 19.6 Å². The van der Waals surface area contributed by atoms with E-state index in [0.29, 0.717) is 11.6 Å². The maximum Gasteiger partial charge on any atom is 0.330 e. The number of carbonyl (C=O) groups excluding carboxylic acids is 1. The summed E-state index contributed by atoms with van der Waals surface area (Å²) >= 11 is 5.97. The van der Waals surface area contributed by atoms with Crippen LogP contribution in [-0.4, -0.2) is 51.0 Å². The quantitative estimate of drug-likeness (QED) is 0.692. The van der Waals surface area contributed by atoms with Crippen molar-refractivity contribution < 1.29 is 17.9 Å². The molecule has 0 spiro atoms. The maximum atomic E-state index is 13.1. The van der Waals surface area contributed by atoms with Gasteiger partial charge in [0.1, 0.15) is 6.04 Å². The predicted molar refractivity (Wildman–Crippen MR) is 109 cm³/mol. The van der Waals surface area contributed by atoms with Gasteiger partial charge in [-0.3, -0.25) is 0 Å². The average molecular weight is 423 g/mol. The van der Waals surface area contributed by atoms with E-state index in [9.17, 15) is 13.2 Å². The third-order valence-electron chi connectivity index (χ3n) is 4.76. The summed E-state index contributed by atoms with van der Waals surface area (Å²) in [5.74, 6) is -0.434. The normalized spacial score (nSPS) is 18.1. The summed E-state index contributed by atoms with van der Waals surface area (Å²) < 4.78 is 32.7. The molecule has 2 aromatic carbocycles. The number of para-hydroxylation sites is 1. The molecule has 1 heterocycles. The summed E-state index contributed by atoms with van der Waals surface area (Å²) in [5.41, 5.74) is 1.92. The molecule has 0 aliphatic carbocycles. The number of nitrogens with zero attached hydrogens (tertiary/aromatic N) is 2. The van der Waals surface area contributed by atoms with Crippen LogP contribution in [0, 0.1) is 6.92 Å². The minimum absolute atomic E-state index is 0.0159. The van der Waals surface area contributed by atoms with Gasteiger partial charge in [0.25, 0.3) is 0 Å². The Morgan fingerprint density at radius 2 is 1.93 bits per heavy atom. The molecular weight excluding hydrogens is 400 g/mol. The molecule has 1 unspecified atom stereocenters. The first-order chi connectivity index (χ1) is 13.3. The largest absolute Gasteiger partial charge is 0.464 e. The van der Waals surface area contributed by atoms with Crippen LogP contribution < -0.4 is 4.90 Å². The van der Waals surface area contributed by atoms with Gasteiger partial charge in [0.15, 0.2) is 0 Å². The molecule has 6 nitrogen and oxygen atoms in total. The van der Waals surface area contributed by atoms with Crippen molar-refractivity contribution in [3.8, 4) is 0 Å². The lowest BCUT2D eigenvalue weighted by Crippen LogP contribution is -2.58. The summed E-state index contributed by atoms with van der Waals surface area (Å²) in [4.78, 5) is 14.7. The van der Waals surface area contributed by atoms with Crippen LogP contribution in [0.4, 0.5) is 5.69 Å². The third kappa shape index (κ3) is 4.16. The number of hydrogen-bond acceptors (Lipinski definition) is 5. The zero-order valence-corrected chi connectivity index (χ0v) is 17.4. The van der Waals surface area contributed by atoms with Crippen molar-refractivity contribution in [2.75, 3.05) is 31.1 Å². The lowest BCUT2D eigenvalue weighted by Gasteiger charge is -2.41. The van der Waals surface area contributed by atoms with Crippen molar-refractivity contribution in [2.24, 2.45) is 0 Å². The lowest BCUT2D eigenvalue weighted by molar-refractivity contribution is -0.145. The Morgan fingerprint density at radius 3 is 2.61 bits per heavy atom. The van der Waals surface area contributed by atoms with Crippen molar-refractivity contribution in [2.45, 2.75) is 24.8 Å². The minimum atomic E-state index is -3.77. The van der Waals surface area contributed by atoms with Crippen molar-refractivity contribution in [1.29, 1.82) is 0 Å². The highest BCUT2D eigenvalue weighted by molar-refractivity contribution is 7.89. The van der Waals surface area contributed by atoms with Gasteiger partial charge < -0.3 is 9.64 Å². The van der Waals surface area contributed by atoms with Gasteiger partial charge in [-0.2, -0.15) is 4.31 Å². The van der Waals surface area contributed by atoms with E-state index < -0.39 is 22.0 Å². The molecule has 1 saturated heterocycles. The van der Waals surface area contributed by atoms with E-state index in [2.05, 4.69) is 0 Å². The van der Waals surface area contributed by atoms with Crippen LogP contribution >= 0.6 is 11.6 Å². The molecule has 3 rings (SSSR count). The van der Waals surface area contributed by atoms with Crippen LogP contribution in [0.25, 0.3) is 0 Å². The van der Waals surface area contributed by atoms with Gasteiger partial charge in [0.2, 0.25) is 10.0 Å². The molecule has 1 atom stereocenters. The molecule has 0 N–H and O–H groups in total. The van der Waals surface area contributed by atoms with Crippen molar-refractivity contribution in [3.05, 3.63) is 59.1 Å². The van der Waals surface area contributed by atoms with Crippen LogP contribution in [0.1, 0.15) is 12.5 Å². The van der Waals surface area contributed by atoms with E-state index in [0.717, 1.165) is 11.3 Å². The van der Waals surface area contributed by atoms with Gasteiger partial charge >= 0.3 is 5.97 Å². The van der Waals surface area contributed by atoms with Gasteiger partial charge in [-0.15, -0.1) is 0 Å². The second kappa shape index (κ2) is 8.51. The number of aryl methyl sites for hydroxylation is 1. The SMILES string of the molecule is CCOC(=O)C1CN(S(=O)(=O)c2cccc(Cl)c2)CCN1c1ccccc1C.